The van der Waals surface area contributed by atoms with E-state index in [1.54, 1.807) is 6.07 Å². The SMILES string of the molecule is CCNc1cc(Oc2ccc(C)cc2Br)nc(SC)n1. The maximum absolute atomic E-state index is 5.84. The molecule has 0 unspecified atom stereocenters. The van der Waals surface area contributed by atoms with Crippen LogP contribution in [0.4, 0.5) is 5.82 Å². The summed E-state index contributed by atoms with van der Waals surface area (Å²) in [7, 11) is 0. The number of aromatic nitrogens is 2. The van der Waals surface area contributed by atoms with Crippen LogP contribution in [0.1, 0.15) is 12.5 Å². The third-order valence-corrected chi connectivity index (χ3v) is 3.69. The zero-order valence-electron chi connectivity index (χ0n) is 11.6. The van der Waals surface area contributed by atoms with Crippen molar-refractivity contribution in [2.45, 2.75) is 19.0 Å². The van der Waals surface area contributed by atoms with Crippen LogP contribution in [-0.2, 0) is 0 Å². The molecule has 0 atom stereocenters. The van der Waals surface area contributed by atoms with Crippen molar-refractivity contribution in [2.75, 3.05) is 18.1 Å². The minimum atomic E-state index is 0.532. The summed E-state index contributed by atoms with van der Waals surface area (Å²) in [5.41, 5.74) is 1.17. The van der Waals surface area contributed by atoms with Gasteiger partial charge in [-0.25, -0.2) is 4.98 Å². The summed E-state index contributed by atoms with van der Waals surface area (Å²) in [6.45, 7) is 4.87. The quantitative estimate of drug-likeness (QED) is 0.633. The highest BCUT2D eigenvalue weighted by molar-refractivity contribution is 9.10. The standard InChI is InChI=1S/C14H16BrN3OS/c1-4-16-12-8-13(18-14(17-12)20-3)19-11-6-5-9(2)7-10(11)15/h5-8H,4H2,1-3H3,(H,16,17,18). The molecule has 0 aliphatic rings. The van der Waals surface area contributed by atoms with E-state index in [1.807, 2.05) is 38.3 Å². The van der Waals surface area contributed by atoms with Gasteiger partial charge in [0, 0.05) is 12.6 Å². The van der Waals surface area contributed by atoms with Crippen LogP contribution in [0.15, 0.2) is 33.9 Å². The predicted molar refractivity (Wildman–Crippen MR) is 86.9 cm³/mol. The summed E-state index contributed by atoms with van der Waals surface area (Å²) < 4.78 is 6.75. The molecule has 2 aromatic rings. The van der Waals surface area contributed by atoms with Crippen LogP contribution >= 0.6 is 27.7 Å². The lowest BCUT2D eigenvalue weighted by Crippen LogP contribution is -2.02. The van der Waals surface area contributed by atoms with E-state index >= 15 is 0 Å². The number of hydrogen-bond donors (Lipinski definition) is 1. The molecule has 1 heterocycles. The number of aryl methyl sites for hydroxylation is 1. The molecule has 0 aliphatic carbocycles. The van der Waals surface area contributed by atoms with Gasteiger partial charge in [0.05, 0.1) is 4.47 Å². The van der Waals surface area contributed by atoms with Crippen LogP contribution in [0.2, 0.25) is 0 Å². The Morgan fingerprint density at radius 2 is 2.10 bits per heavy atom. The number of ether oxygens (including phenoxy) is 1. The molecule has 0 radical (unpaired) electrons. The summed E-state index contributed by atoms with van der Waals surface area (Å²) >= 11 is 4.99. The van der Waals surface area contributed by atoms with E-state index in [-0.39, 0.29) is 0 Å². The van der Waals surface area contributed by atoms with Crippen molar-refractivity contribution in [1.82, 2.24) is 9.97 Å². The Morgan fingerprint density at radius 1 is 1.30 bits per heavy atom. The molecular formula is C14H16BrN3OS. The van der Waals surface area contributed by atoms with Crippen molar-refractivity contribution in [3.8, 4) is 11.6 Å². The van der Waals surface area contributed by atoms with Gasteiger partial charge in [-0.15, -0.1) is 0 Å². The van der Waals surface area contributed by atoms with Crippen molar-refractivity contribution in [3.63, 3.8) is 0 Å². The number of benzene rings is 1. The Morgan fingerprint density at radius 3 is 2.75 bits per heavy atom. The Labute approximate surface area is 131 Å². The van der Waals surface area contributed by atoms with Crippen LogP contribution in [0.3, 0.4) is 0 Å². The molecule has 4 nitrogen and oxygen atoms in total. The van der Waals surface area contributed by atoms with E-state index in [0.717, 1.165) is 22.6 Å². The number of nitrogens with zero attached hydrogens (tertiary/aromatic N) is 2. The molecule has 1 N–H and O–H groups in total. The maximum Gasteiger partial charge on any atom is 0.225 e. The zero-order valence-corrected chi connectivity index (χ0v) is 14.0. The second-order valence-corrected chi connectivity index (χ2v) is 5.77. The minimum Gasteiger partial charge on any atom is -0.438 e. The lowest BCUT2D eigenvalue weighted by Gasteiger charge is -2.10. The van der Waals surface area contributed by atoms with Gasteiger partial charge < -0.3 is 10.1 Å². The number of anilines is 1. The first-order valence-corrected chi connectivity index (χ1v) is 8.25. The van der Waals surface area contributed by atoms with Crippen LogP contribution in [0, 0.1) is 6.92 Å². The molecule has 20 heavy (non-hydrogen) atoms. The largest absolute Gasteiger partial charge is 0.438 e. The summed E-state index contributed by atoms with van der Waals surface area (Å²) in [6, 6.07) is 7.74. The highest BCUT2D eigenvalue weighted by Gasteiger charge is 2.08. The van der Waals surface area contributed by atoms with E-state index in [0.29, 0.717) is 11.0 Å². The lowest BCUT2D eigenvalue weighted by atomic mass is 10.2. The molecule has 0 saturated carbocycles. The van der Waals surface area contributed by atoms with Gasteiger partial charge in [0.1, 0.15) is 11.6 Å². The van der Waals surface area contributed by atoms with E-state index in [9.17, 15) is 0 Å². The lowest BCUT2D eigenvalue weighted by molar-refractivity contribution is 0.453. The van der Waals surface area contributed by atoms with Gasteiger partial charge in [0.25, 0.3) is 0 Å². The Hall–Kier alpha value is -1.27. The summed E-state index contributed by atoms with van der Waals surface area (Å²) in [5.74, 6) is 2.04. The van der Waals surface area contributed by atoms with E-state index in [1.165, 1.54) is 17.3 Å². The van der Waals surface area contributed by atoms with E-state index < -0.39 is 0 Å². The molecule has 0 bridgehead atoms. The van der Waals surface area contributed by atoms with Gasteiger partial charge in [0.15, 0.2) is 5.16 Å². The Kier molecular flexibility index (Phi) is 5.25. The molecule has 2 rings (SSSR count). The van der Waals surface area contributed by atoms with Crippen LogP contribution in [0.5, 0.6) is 11.6 Å². The molecule has 6 heteroatoms. The zero-order chi connectivity index (χ0) is 14.5. The molecule has 106 valence electrons. The average molecular weight is 354 g/mol. The van der Waals surface area contributed by atoms with Gasteiger partial charge in [-0.1, -0.05) is 17.8 Å². The minimum absolute atomic E-state index is 0.532. The molecular weight excluding hydrogens is 338 g/mol. The Bertz CT molecular complexity index is 607. The third-order valence-electron chi connectivity index (χ3n) is 2.52. The van der Waals surface area contributed by atoms with Crippen LogP contribution < -0.4 is 10.1 Å². The molecule has 0 fully saturated rings. The fraction of sp³-hybridized carbons (Fsp3) is 0.286. The van der Waals surface area contributed by atoms with Gasteiger partial charge in [-0.05, 0) is 53.7 Å². The predicted octanol–water partition coefficient (Wildman–Crippen LogP) is 4.49. The third kappa shape index (κ3) is 3.86. The maximum atomic E-state index is 5.84. The second kappa shape index (κ2) is 6.95. The first-order valence-electron chi connectivity index (χ1n) is 6.23. The average Bonchev–Trinajstić information content (AvgIpc) is 2.42. The summed E-state index contributed by atoms with van der Waals surface area (Å²) in [6.07, 6.45) is 1.94. The fourth-order valence-corrected chi connectivity index (χ4v) is 2.57. The van der Waals surface area contributed by atoms with Crippen molar-refractivity contribution in [1.29, 1.82) is 0 Å². The fourth-order valence-electron chi connectivity index (χ4n) is 1.62. The monoisotopic (exact) mass is 353 g/mol. The van der Waals surface area contributed by atoms with Crippen LogP contribution in [-0.4, -0.2) is 22.8 Å². The van der Waals surface area contributed by atoms with Crippen molar-refractivity contribution < 1.29 is 4.74 Å². The number of thioether (sulfide) groups is 1. The van der Waals surface area contributed by atoms with E-state index in [4.69, 9.17) is 4.74 Å². The number of nitrogens with one attached hydrogen (secondary N) is 1. The van der Waals surface area contributed by atoms with E-state index in [2.05, 4.69) is 31.2 Å². The molecule has 0 spiro atoms. The van der Waals surface area contributed by atoms with Crippen molar-refractivity contribution >= 4 is 33.5 Å². The summed E-state index contributed by atoms with van der Waals surface area (Å²) in [4.78, 5) is 8.73. The molecule has 0 amide bonds. The van der Waals surface area contributed by atoms with Gasteiger partial charge in [-0.2, -0.15) is 4.98 Å². The topological polar surface area (TPSA) is 47.0 Å². The molecule has 0 aliphatic heterocycles. The highest BCUT2D eigenvalue weighted by atomic mass is 79.9. The van der Waals surface area contributed by atoms with Crippen molar-refractivity contribution in [3.05, 3.63) is 34.3 Å². The van der Waals surface area contributed by atoms with Crippen LogP contribution in [0.25, 0.3) is 0 Å². The summed E-state index contributed by atoms with van der Waals surface area (Å²) in [5, 5.41) is 3.86. The smallest absolute Gasteiger partial charge is 0.225 e. The first-order chi connectivity index (χ1) is 9.62. The second-order valence-electron chi connectivity index (χ2n) is 4.14. The molecule has 0 saturated heterocycles. The number of rotatable bonds is 5. The number of hydrogen-bond acceptors (Lipinski definition) is 5. The highest BCUT2D eigenvalue weighted by Crippen LogP contribution is 2.31. The van der Waals surface area contributed by atoms with Crippen molar-refractivity contribution in [2.24, 2.45) is 0 Å². The molecule has 1 aromatic heterocycles. The first kappa shape index (κ1) is 15.1. The van der Waals surface area contributed by atoms with Gasteiger partial charge in [0.2, 0.25) is 5.88 Å². The Balaban J connectivity index is 2.29. The normalized spacial score (nSPS) is 10.4. The number of halogens is 1. The van der Waals surface area contributed by atoms with Gasteiger partial charge in [-0.3, -0.25) is 0 Å². The van der Waals surface area contributed by atoms with Gasteiger partial charge >= 0.3 is 0 Å². The molecule has 1 aromatic carbocycles.